The Kier molecular flexibility index (Phi) is 3.89. The lowest BCUT2D eigenvalue weighted by atomic mass is 9.91. The van der Waals surface area contributed by atoms with Gasteiger partial charge in [-0.25, -0.2) is 0 Å². The van der Waals surface area contributed by atoms with Crippen LogP contribution in [0.5, 0.6) is 0 Å². The number of amides is 1. The zero-order valence-electron chi connectivity index (χ0n) is 12.2. The minimum Gasteiger partial charge on any atom is -0.326 e. The lowest BCUT2D eigenvalue weighted by Gasteiger charge is -2.23. The molecule has 2 aliphatic rings. The molecule has 1 atom stereocenters. The Morgan fingerprint density at radius 3 is 2.64 bits per heavy atom. The van der Waals surface area contributed by atoms with Crippen LogP contribution in [-0.2, 0) is 11.2 Å². The second kappa shape index (κ2) is 5.57. The van der Waals surface area contributed by atoms with Crippen LogP contribution in [0.25, 0.3) is 0 Å². The van der Waals surface area contributed by atoms with Crippen molar-refractivity contribution in [2.75, 3.05) is 18.4 Å². The number of carbonyl (C=O) groups excluding carboxylic acids is 1. The van der Waals surface area contributed by atoms with Crippen LogP contribution >= 0.6 is 0 Å². The monoisotopic (exact) mass is 312 g/mol. The van der Waals surface area contributed by atoms with Gasteiger partial charge in [0.15, 0.2) is 0 Å². The standard InChI is InChI=1S/C16H19F3N2O/c17-16(18,19)9-11-3-1-2-4-13(11)21-14(22)12-10-15(12)5-7-20-8-6-15/h1-4,12,20H,5-10H2,(H,21,22). The molecule has 1 aromatic carbocycles. The summed E-state index contributed by atoms with van der Waals surface area (Å²) >= 11 is 0. The fourth-order valence-electron chi connectivity index (χ4n) is 3.43. The summed E-state index contributed by atoms with van der Waals surface area (Å²) in [6.45, 7) is 1.82. The predicted molar refractivity (Wildman–Crippen MR) is 77.5 cm³/mol. The summed E-state index contributed by atoms with van der Waals surface area (Å²) in [5.41, 5.74) is 0.470. The molecular weight excluding hydrogens is 293 g/mol. The summed E-state index contributed by atoms with van der Waals surface area (Å²) in [7, 11) is 0. The molecule has 1 amide bonds. The number of hydrogen-bond acceptors (Lipinski definition) is 2. The van der Waals surface area contributed by atoms with E-state index in [4.69, 9.17) is 0 Å². The van der Waals surface area contributed by atoms with Crippen LogP contribution in [-0.4, -0.2) is 25.2 Å². The van der Waals surface area contributed by atoms with Crippen molar-refractivity contribution in [1.29, 1.82) is 0 Å². The molecule has 22 heavy (non-hydrogen) atoms. The number of halogens is 3. The largest absolute Gasteiger partial charge is 0.393 e. The molecule has 1 aliphatic heterocycles. The van der Waals surface area contributed by atoms with Crippen LogP contribution in [0, 0.1) is 11.3 Å². The van der Waals surface area contributed by atoms with Crippen molar-refractivity contribution >= 4 is 11.6 Å². The third-order valence-corrected chi connectivity index (χ3v) is 4.77. The van der Waals surface area contributed by atoms with E-state index in [0.717, 1.165) is 32.4 Å². The molecule has 1 heterocycles. The molecule has 0 bridgehead atoms. The molecule has 0 radical (unpaired) electrons. The first-order chi connectivity index (χ1) is 10.4. The van der Waals surface area contributed by atoms with Gasteiger partial charge in [0.25, 0.3) is 0 Å². The maximum Gasteiger partial charge on any atom is 0.393 e. The third-order valence-electron chi connectivity index (χ3n) is 4.77. The van der Waals surface area contributed by atoms with Gasteiger partial charge in [-0.2, -0.15) is 13.2 Å². The maximum atomic E-state index is 12.6. The molecule has 3 nitrogen and oxygen atoms in total. The number of nitrogens with one attached hydrogen (secondary N) is 2. The summed E-state index contributed by atoms with van der Waals surface area (Å²) in [6.07, 6.45) is -2.52. The average Bonchev–Trinajstić information content (AvgIpc) is 3.14. The minimum atomic E-state index is -4.28. The summed E-state index contributed by atoms with van der Waals surface area (Å²) < 4.78 is 37.8. The topological polar surface area (TPSA) is 41.1 Å². The minimum absolute atomic E-state index is 0.0615. The van der Waals surface area contributed by atoms with Crippen molar-refractivity contribution in [3.05, 3.63) is 29.8 Å². The molecule has 120 valence electrons. The Labute approximate surface area is 127 Å². The van der Waals surface area contributed by atoms with E-state index in [1.807, 2.05) is 0 Å². The van der Waals surface area contributed by atoms with Gasteiger partial charge in [-0.05, 0) is 49.4 Å². The summed E-state index contributed by atoms with van der Waals surface area (Å²) in [5.74, 6) is -0.204. The van der Waals surface area contributed by atoms with Gasteiger partial charge in [-0.15, -0.1) is 0 Å². The van der Waals surface area contributed by atoms with E-state index in [1.54, 1.807) is 12.1 Å². The van der Waals surface area contributed by atoms with Crippen LogP contribution in [0.15, 0.2) is 24.3 Å². The fourth-order valence-corrected chi connectivity index (χ4v) is 3.43. The van der Waals surface area contributed by atoms with Crippen molar-refractivity contribution in [3.63, 3.8) is 0 Å². The number of benzene rings is 1. The van der Waals surface area contributed by atoms with Gasteiger partial charge in [0.05, 0.1) is 6.42 Å². The number of para-hydroxylation sites is 1. The van der Waals surface area contributed by atoms with Gasteiger partial charge in [0.1, 0.15) is 0 Å². The second-order valence-electron chi connectivity index (χ2n) is 6.31. The molecule has 2 N–H and O–H groups in total. The predicted octanol–water partition coefficient (Wildman–Crippen LogP) is 3.12. The number of anilines is 1. The van der Waals surface area contributed by atoms with Gasteiger partial charge in [-0.3, -0.25) is 4.79 Å². The molecule has 2 fully saturated rings. The molecular formula is C16H19F3N2O. The van der Waals surface area contributed by atoms with Crippen LogP contribution in [0.2, 0.25) is 0 Å². The summed E-state index contributed by atoms with van der Waals surface area (Å²) in [4.78, 5) is 12.4. The third kappa shape index (κ3) is 3.27. The Hall–Kier alpha value is -1.56. The first kappa shape index (κ1) is 15.3. The van der Waals surface area contributed by atoms with E-state index in [0.29, 0.717) is 0 Å². The molecule has 0 aromatic heterocycles. The van der Waals surface area contributed by atoms with E-state index in [-0.39, 0.29) is 28.5 Å². The zero-order chi connectivity index (χ0) is 15.8. The van der Waals surface area contributed by atoms with Crippen molar-refractivity contribution in [1.82, 2.24) is 5.32 Å². The van der Waals surface area contributed by atoms with Gasteiger partial charge < -0.3 is 10.6 Å². The summed E-state index contributed by atoms with van der Waals surface area (Å²) in [6, 6.07) is 6.15. The highest BCUT2D eigenvalue weighted by molar-refractivity contribution is 5.95. The highest BCUT2D eigenvalue weighted by atomic mass is 19.4. The Balaban J connectivity index is 1.67. The number of carbonyl (C=O) groups is 1. The average molecular weight is 312 g/mol. The van der Waals surface area contributed by atoms with Crippen LogP contribution < -0.4 is 10.6 Å². The highest BCUT2D eigenvalue weighted by Crippen LogP contribution is 2.58. The normalized spacial score (nSPS) is 23.3. The smallest absolute Gasteiger partial charge is 0.326 e. The maximum absolute atomic E-state index is 12.6. The van der Waals surface area contributed by atoms with Crippen molar-refractivity contribution in [3.8, 4) is 0 Å². The molecule has 6 heteroatoms. The summed E-state index contributed by atoms with van der Waals surface area (Å²) in [5, 5.41) is 5.97. The van der Waals surface area contributed by atoms with E-state index >= 15 is 0 Å². The first-order valence-electron chi connectivity index (χ1n) is 7.56. The Morgan fingerprint density at radius 1 is 1.27 bits per heavy atom. The second-order valence-corrected chi connectivity index (χ2v) is 6.31. The lowest BCUT2D eigenvalue weighted by molar-refractivity contribution is -0.127. The van der Waals surface area contributed by atoms with Crippen LogP contribution in [0.3, 0.4) is 0 Å². The van der Waals surface area contributed by atoms with Crippen molar-refractivity contribution in [2.24, 2.45) is 11.3 Å². The molecule has 1 aliphatic carbocycles. The van der Waals surface area contributed by atoms with Crippen LogP contribution in [0.1, 0.15) is 24.8 Å². The van der Waals surface area contributed by atoms with Gasteiger partial charge >= 0.3 is 6.18 Å². The lowest BCUT2D eigenvalue weighted by Crippen LogP contribution is -2.31. The molecule has 1 aromatic rings. The zero-order valence-corrected chi connectivity index (χ0v) is 12.2. The Morgan fingerprint density at radius 2 is 1.95 bits per heavy atom. The highest BCUT2D eigenvalue weighted by Gasteiger charge is 2.57. The quantitative estimate of drug-likeness (QED) is 0.900. The molecule has 3 rings (SSSR count). The number of rotatable bonds is 3. The fraction of sp³-hybridized carbons (Fsp3) is 0.562. The molecule has 1 unspecified atom stereocenters. The SMILES string of the molecule is O=C(Nc1ccccc1CC(F)(F)F)C1CC12CCNCC2. The number of piperidine rings is 1. The molecule has 1 spiro atoms. The number of alkyl halides is 3. The van der Waals surface area contributed by atoms with E-state index < -0.39 is 12.6 Å². The van der Waals surface area contributed by atoms with Gasteiger partial charge in [0.2, 0.25) is 5.91 Å². The van der Waals surface area contributed by atoms with Gasteiger partial charge in [-0.1, -0.05) is 18.2 Å². The number of hydrogen-bond donors (Lipinski definition) is 2. The van der Waals surface area contributed by atoms with E-state index in [2.05, 4.69) is 10.6 Å². The molecule has 1 saturated heterocycles. The van der Waals surface area contributed by atoms with E-state index in [9.17, 15) is 18.0 Å². The van der Waals surface area contributed by atoms with E-state index in [1.165, 1.54) is 12.1 Å². The van der Waals surface area contributed by atoms with Crippen LogP contribution in [0.4, 0.5) is 18.9 Å². The Bertz CT molecular complexity index is 565. The van der Waals surface area contributed by atoms with Gasteiger partial charge in [0, 0.05) is 11.6 Å². The van der Waals surface area contributed by atoms with Crippen molar-refractivity contribution in [2.45, 2.75) is 31.9 Å². The first-order valence-corrected chi connectivity index (χ1v) is 7.56. The van der Waals surface area contributed by atoms with Crippen molar-refractivity contribution < 1.29 is 18.0 Å². The molecule has 1 saturated carbocycles.